The Labute approximate surface area is 80.6 Å². The maximum absolute atomic E-state index is 4.22. The Hall–Kier alpha value is -1.29. The fraction of sp³-hybridized carbons (Fsp3) is 0.111. The number of imidazole rings is 1. The van der Waals surface area contributed by atoms with E-state index in [-0.39, 0.29) is 0 Å². The minimum absolute atomic E-state index is 0.856. The SMILES string of the molecule is c1ccc(CSc2ncc[nH]2)nc1. The third-order valence-electron chi connectivity index (χ3n) is 1.56. The molecule has 2 aromatic rings. The number of hydrogen-bond donors (Lipinski definition) is 1. The summed E-state index contributed by atoms with van der Waals surface area (Å²) in [6.07, 6.45) is 5.37. The van der Waals surface area contributed by atoms with Gasteiger partial charge in [-0.15, -0.1) is 0 Å². The van der Waals surface area contributed by atoms with Gasteiger partial charge in [0.1, 0.15) is 0 Å². The fourth-order valence-corrected chi connectivity index (χ4v) is 1.70. The lowest BCUT2D eigenvalue weighted by molar-refractivity contribution is 1.05. The first kappa shape index (κ1) is 8.31. The van der Waals surface area contributed by atoms with Crippen LogP contribution in [0, 0.1) is 0 Å². The first-order chi connectivity index (χ1) is 6.45. The van der Waals surface area contributed by atoms with Gasteiger partial charge in [-0.05, 0) is 12.1 Å². The highest BCUT2D eigenvalue weighted by Gasteiger charge is 1.97. The van der Waals surface area contributed by atoms with Crippen LogP contribution in [0.4, 0.5) is 0 Å². The van der Waals surface area contributed by atoms with Gasteiger partial charge in [-0.2, -0.15) is 0 Å². The molecule has 0 saturated carbocycles. The van der Waals surface area contributed by atoms with Crippen LogP contribution in [0.25, 0.3) is 0 Å². The van der Waals surface area contributed by atoms with Crippen LogP contribution in [0.1, 0.15) is 5.69 Å². The maximum atomic E-state index is 4.22. The highest BCUT2D eigenvalue weighted by atomic mass is 32.2. The Balaban J connectivity index is 1.94. The van der Waals surface area contributed by atoms with Gasteiger partial charge in [0.05, 0.1) is 5.69 Å². The van der Waals surface area contributed by atoms with E-state index in [1.807, 2.05) is 24.4 Å². The Morgan fingerprint density at radius 2 is 2.23 bits per heavy atom. The molecule has 0 unspecified atom stereocenters. The Kier molecular flexibility index (Phi) is 2.62. The third kappa shape index (κ3) is 2.32. The Bertz CT molecular complexity index is 344. The summed E-state index contributed by atoms with van der Waals surface area (Å²) in [6, 6.07) is 5.92. The van der Waals surface area contributed by atoms with Gasteiger partial charge in [-0.3, -0.25) is 4.98 Å². The number of pyridine rings is 1. The lowest BCUT2D eigenvalue weighted by Gasteiger charge is -1.96. The van der Waals surface area contributed by atoms with Gasteiger partial charge in [0.15, 0.2) is 5.16 Å². The van der Waals surface area contributed by atoms with Crippen LogP contribution in [0.3, 0.4) is 0 Å². The zero-order chi connectivity index (χ0) is 8.93. The predicted molar refractivity (Wildman–Crippen MR) is 52.4 cm³/mol. The molecular formula is C9H9N3S. The summed E-state index contributed by atoms with van der Waals surface area (Å²) in [5.74, 6) is 0.856. The van der Waals surface area contributed by atoms with E-state index in [2.05, 4.69) is 15.0 Å². The third-order valence-corrected chi connectivity index (χ3v) is 2.49. The largest absolute Gasteiger partial charge is 0.340 e. The molecule has 2 heterocycles. The van der Waals surface area contributed by atoms with Gasteiger partial charge in [-0.25, -0.2) is 4.98 Å². The van der Waals surface area contributed by atoms with E-state index in [1.54, 1.807) is 24.2 Å². The number of aromatic amines is 1. The topological polar surface area (TPSA) is 41.6 Å². The lowest BCUT2D eigenvalue weighted by Crippen LogP contribution is -1.84. The van der Waals surface area contributed by atoms with Crippen molar-refractivity contribution in [1.29, 1.82) is 0 Å². The summed E-state index contributed by atoms with van der Waals surface area (Å²) in [5, 5.41) is 0.936. The Morgan fingerprint density at radius 1 is 1.23 bits per heavy atom. The predicted octanol–water partition coefficient (Wildman–Crippen LogP) is 2.10. The van der Waals surface area contributed by atoms with Gasteiger partial charge in [0.2, 0.25) is 0 Å². The number of nitrogens with zero attached hydrogens (tertiary/aromatic N) is 2. The van der Waals surface area contributed by atoms with Crippen LogP contribution in [-0.2, 0) is 5.75 Å². The second-order valence-corrected chi connectivity index (χ2v) is 3.47. The first-order valence-corrected chi connectivity index (χ1v) is 4.96. The Morgan fingerprint density at radius 3 is 2.92 bits per heavy atom. The fourth-order valence-electron chi connectivity index (χ4n) is 0.956. The highest BCUT2D eigenvalue weighted by Crippen LogP contribution is 2.16. The number of hydrogen-bond acceptors (Lipinski definition) is 3. The number of aromatic nitrogens is 3. The van der Waals surface area contributed by atoms with Crippen molar-refractivity contribution in [2.45, 2.75) is 10.9 Å². The molecule has 3 nitrogen and oxygen atoms in total. The normalized spacial score (nSPS) is 10.2. The van der Waals surface area contributed by atoms with Crippen molar-refractivity contribution >= 4 is 11.8 Å². The van der Waals surface area contributed by atoms with E-state index in [0.717, 1.165) is 16.6 Å². The molecule has 0 saturated heterocycles. The average Bonchev–Trinajstić information content (AvgIpc) is 2.69. The zero-order valence-corrected chi connectivity index (χ0v) is 7.79. The van der Waals surface area contributed by atoms with E-state index in [0.29, 0.717) is 0 Å². The summed E-state index contributed by atoms with van der Waals surface area (Å²) in [4.78, 5) is 11.4. The van der Waals surface area contributed by atoms with E-state index in [4.69, 9.17) is 0 Å². The van der Waals surface area contributed by atoms with Crippen molar-refractivity contribution in [3.63, 3.8) is 0 Å². The van der Waals surface area contributed by atoms with Crippen LogP contribution in [0.2, 0.25) is 0 Å². The molecule has 0 fully saturated rings. The van der Waals surface area contributed by atoms with Crippen LogP contribution in [0.5, 0.6) is 0 Å². The van der Waals surface area contributed by atoms with Gasteiger partial charge in [0, 0.05) is 24.3 Å². The number of rotatable bonds is 3. The van der Waals surface area contributed by atoms with Gasteiger partial charge in [0.25, 0.3) is 0 Å². The van der Waals surface area contributed by atoms with Crippen molar-refractivity contribution in [1.82, 2.24) is 15.0 Å². The second kappa shape index (κ2) is 4.09. The molecule has 2 rings (SSSR count). The summed E-state index contributed by atoms with van der Waals surface area (Å²) < 4.78 is 0. The van der Waals surface area contributed by atoms with E-state index in [9.17, 15) is 0 Å². The summed E-state index contributed by atoms with van der Waals surface area (Å²) in [6.45, 7) is 0. The van der Waals surface area contributed by atoms with Crippen molar-refractivity contribution in [2.75, 3.05) is 0 Å². The number of H-pyrrole nitrogens is 1. The van der Waals surface area contributed by atoms with E-state index < -0.39 is 0 Å². The molecule has 0 spiro atoms. The summed E-state index contributed by atoms with van der Waals surface area (Å²) in [5.41, 5.74) is 1.07. The summed E-state index contributed by atoms with van der Waals surface area (Å²) >= 11 is 1.65. The molecule has 0 radical (unpaired) electrons. The summed E-state index contributed by atoms with van der Waals surface area (Å²) in [7, 11) is 0. The monoisotopic (exact) mass is 191 g/mol. The van der Waals surface area contributed by atoms with Gasteiger partial charge in [-0.1, -0.05) is 17.8 Å². The average molecular weight is 191 g/mol. The molecule has 0 aliphatic carbocycles. The van der Waals surface area contributed by atoms with Crippen LogP contribution >= 0.6 is 11.8 Å². The molecule has 4 heteroatoms. The van der Waals surface area contributed by atoms with Gasteiger partial charge < -0.3 is 4.98 Å². The van der Waals surface area contributed by atoms with Gasteiger partial charge >= 0.3 is 0 Å². The van der Waals surface area contributed by atoms with Crippen molar-refractivity contribution in [3.05, 3.63) is 42.5 Å². The smallest absolute Gasteiger partial charge is 0.165 e. The van der Waals surface area contributed by atoms with E-state index >= 15 is 0 Å². The maximum Gasteiger partial charge on any atom is 0.165 e. The van der Waals surface area contributed by atoms with Crippen molar-refractivity contribution in [2.24, 2.45) is 0 Å². The molecule has 0 aliphatic rings. The van der Waals surface area contributed by atoms with E-state index in [1.165, 1.54) is 0 Å². The molecule has 66 valence electrons. The van der Waals surface area contributed by atoms with Crippen LogP contribution in [0.15, 0.2) is 41.9 Å². The zero-order valence-electron chi connectivity index (χ0n) is 6.97. The highest BCUT2D eigenvalue weighted by molar-refractivity contribution is 7.98. The van der Waals surface area contributed by atoms with Crippen molar-refractivity contribution < 1.29 is 0 Å². The number of nitrogens with one attached hydrogen (secondary N) is 1. The molecule has 0 aliphatic heterocycles. The molecular weight excluding hydrogens is 182 g/mol. The molecule has 0 atom stereocenters. The lowest BCUT2D eigenvalue weighted by atomic mass is 10.4. The van der Waals surface area contributed by atoms with Crippen LogP contribution < -0.4 is 0 Å². The molecule has 2 aromatic heterocycles. The molecule has 1 N–H and O–H groups in total. The van der Waals surface area contributed by atoms with Crippen LogP contribution in [-0.4, -0.2) is 15.0 Å². The minimum atomic E-state index is 0.856. The molecule has 0 bridgehead atoms. The molecule has 0 aromatic carbocycles. The minimum Gasteiger partial charge on any atom is -0.340 e. The second-order valence-electron chi connectivity index (χ2n) is 2.50. The standard InChI is InChI=1S/C9H9N3S/c1-2-4-10-8(3-1)7-13-9-11-5-6-12-9/h1-6H,7H2,(H,11,12). The quantitative estimate of drug-likeness (QED) is 0.755. The molecule has 13 heavy (non-hydrogen) atoms. The van der Waals surface area contributed by atoms with Crippen molar-refractivity contribution in [3.8, 4) is 0 Å². The first-order valence-electron chi connectivity index (χ1n) is 3.97. The molecule has 0 amide bonds. The number of thioether (sulfide) groups is 1.